The number of carbonyl (C=O) groups is 1. The molecule has 100 valence electrons. The molecule has 5 nitrogen and oxygen atoms in total. The summed E-state index contributed by atoms with van der Waals surface area (Å²) in [5, 5.41) is 5.32. The predicted molar refractivity (Wildman–Crippen MR) is 67.6 cm³/mol. The Hall–Kier alpha value is -0.620. The zero-order valence-corrected chi connectivity index (χ0v) is 11.2. The van der Waals surface area contributed by atoms with Crippen molar-refractivity contribution in [3.8, 4) is 0 Å². The third-order valence-corrected chi connectivity index (χ3v) is 5.22. The Bertz CT molecular complexity index is 335. The van der Waals surface area contributed by atoms with E-state index in [4.69, 9.17) is 0 Å². The van der Waals surface area contributed by atoms with Crippen molar-refractivity contribution in [1.82, 2.24) is 10.6 Å². The maximum atomic E-state index is 11.9. The number of hydrogen-bond donors (Lipinski definition) is 2. The SMILES string of the molecule is CNCCCNC(=O)CS(=O)(=O)C1CCCC1. The Labute approximate surface area is 103 Å². The highest BCUT2D eigenvalue weighted by Gasteiger charge is 2.30. The topological polar surface area (TPSA) is 75.3 Å². The summed E-state index contributed by atoms with van der Waals surface area (Å²) in [6.45, 7) is 1.34. The molecule has 17 heavy (non-hydrogen) atoms. The van der Waals surface area contributed by atoms with Gasteiger partial charge in [-0.3, -0.25) is 4.79 Å². The van der Waals surface area contributed by atoms with Crippen molar-refractivity contribution in [1.29, 1.82) is 0 Å². The van der Waals surface area contributed by atoms with Crippen LogP contribution in [0, 0.1) is 0 Å². The van der Waals surface area contributed by atoms with Crippen LogP contribution < -0.4 is 10.6 Å². The van der Waals surface area contributed by atoms with Gasteiger partial charge in [-0.2, -0.15) is 0 Å². The monoisotopic (exact) mass is 262 g/mol. The van der Waals surface area contributed by atoms with Crippen molar-refractivity contribution in [3.05, 3.63) is 0 Å². The van der Waals surface area contributed by atoms with Crippen LogP contribution in [0.2, 0.25) is 0 Å². The third kappa shape index (κ3) is 5.04. The first-order valence-electron chi connectivity index (χ1n) is 6.19. The molecule has 1 fully saturated rings. The summed E-state index contributed by atoms with van der Waals surface area (Å²) in [5.41, 5.74) is 0. The first-order chi connectivity index (χ1) is 8.06. The van der Waals surface area contributed by atoms with E-state index >= 15 is 0 Å². The molecule has 0 aromatic heterocycles. The molecule has 0 atom stereocenters. The molecule has 2 N–H and O–H groups in total. The minimum atomic E-state index is -3.23. The second kappa shape index (κ2) is 6.96. The molecule has 0 bridgehead atoms. The molecule has 1 rings (SSSR count). The van der Waals surface area contributed by atoms with E-state index in [2.05, 4.69) is 10.6 Å². The Morgan fingerprint density at radius 3 is 2.47 bits per heavy atom. The normalized spacial score (nSPS) is 17.2. The summed E-state index contributed by atoms with van der Waals surface area (Å²) >= 11 is 0. The van der Waals surface area contributed by atoms with E-state index < -0.39 is 9.84 Å². The molecule has 1 aliphatic carbocycles. The molecule has 0 aromatic rings. The average Bonchev–Trinajstić information content (AvgIpc) is 2.77. The largest absolute Gasteiger partial charge is 0.355 e. The van der Waals surface area contributed by atoms with Gasteiger partial charge in [-0.15, -0.1) is 0 Å². The van der Waals surface area contributed by atoms with E-state index in [1.54, 1.807) is 0 Å². The number of amides is 1. The van der Waals surface area contributed by atoms with Crippen LogP contribution >= 0.6 is 0 Å². The highest BCUT2D eigenvalue weighted by atomic mass is 32.2. The highest BCUT2D eigenvalue weighted by molar-refractivity contribution is 7.92. The van der Waals surface area contributed by atoms with Gasteiger partial charge in [0.25, 0.3) is 0 Å². The molecular weight excluding hydrogens is 240 g/mol. The number of sulfone groups is 1. The summed E-state index contributed by atoms with van der Waals surface area (Å²) in [6.07, 6.45) is 4.18. The van der Waals surface area contributed by atoms with Crippen LogP contribution in [0.1, 0.15) is 32.1 Å². The van der Waals surface area contributed by atoms with Gasteiger partial charge in [-0.05, 0) is 32.9 Å². The zero-order chi connectivity index (χ0) is 12.7. The molecule has 1 amide bonds. The van der Waals surface area contributed by atoms with E-state index in [-0.39, 0.29) is 16.9 Å². The zero-order valence-electron chi connectivity index (χ0n) is 10.4. The van der Waals surface area contributed by atoms with Gasteiger partial charge >= 0.3 is 0 Å². The highest BCUT2D eigenvalue weighted by Crippen LogP contribution is 2.24. The van der Waals surface area contributed by atoms with E-state index in [0.717, 1.165) is 38.6 Å². The number of nitrogens with one attached hydrogen (secondary N) is 2. The van der Waals surface area contributed by atoms with Crippen LogP contribution in [-0.4, -0.2) is 45.5 Å². The van der Waals surface area contributed by atoms with E-state index in [0.29, 0.717) is 6.54 Å². The smallest absolute Gasteiger partial charge is 0.235 e. The van der Waals surface area contributed by atoms with Gasteiger partial charge in [0.05, 0.1) is 5.25 Å². The average molecular weight is 262 g/mol. The van der Waals surface area contributed by atoms with Gasteiger partial charge < -0.3 is 10.6 Å². The summed E-state index contributed by atoms with van der Waals surface area (Å²) in [6, 6.07) is 0. The second-order valence-corrected chi connectivity index (χ2v) is 6.80. The lowest BCUT2D eigenvalue weighted by atomic mass is 10.4. The molecule has 0 heterocycles. The maximum Gasteiger partial charge on any atom is 0.235 e. The fourth-order valence-corrected chi connectivity index (χ4v) is 3.85. The molecule has 0 radical (unpaired) electrons. The van der Waals surface area contributed by atoms with E-state index in [9.17, 15) is 13.2 Å². The summed E-state index contributed by atoms with van der Waals surface area (Å²) in [5.74, 6) is -0.718. The lowest BCUT2D eigenvalue weighted by Gasteiger charge is -2.11. The second-order valence-electron chi connectivity index (χ2n) is 4.52. The van der Waals surface area contributed by atoms with Crippen molar-refractivity contribution in [2.24, 2.45) is 0 Å². The van der Waals surface area contributed by atoms with Gasteiger partial charge in [-0.1, -0.05) is 12.8 Å². The number of hydrogen-bond acceptors (Lipinski definition) is 4. The fourth-order valence-electron chi connectivity index (χ4n) is 2.09. The lowest BCUT2D eigenvalue weighted by Crippen LogP contribution is -2.35. The van der Waals surface area contributed by atoms with Crippen LogP contribution in [0.25, 0.3) is 0 Å². The van der Waals surface area contributed by atoms with Gasteiger partial charge in [0.1, 0.15) is 5.75 Å². The molecule has 0 saturated heterocycles. The summed E-state index contributed by atoms with van der Waals surface area (Å²) in [4.78, 5) is 11.5. The molecule has 1 saturated carbocycles. The molecular formula is C11H22N2O3S. The van der Waals surface area contributed by atoms with Crippen molar-refractivity contribution < 1.29 is 13.2 Å². The van der Waals surface area contributed by atoms with Gasteiger partial charge in [0, 0.05) is 6.54 Å². The molecule has 0 aromatic carbocycles. The molecule has 6 heteroatoms. The molecule has 0 aliphatic heterocycles. The fraction of sp³-hybridized carbons (Fsp3) is 0.909. The molecule has 0 unspecified atom stereocenters. The van der Waals surface area contributed by atoms with Crippen LogP contribution in [0.15, 0.2) is 0 Å². The van der Waals surface area contributed by atoms with Crippen LogP contribution in [0.3, 0.4) is 0 Å². The minimum absolute atomic E-state index is 0.287. The van der Waals surface area contributed by atoms with E-state index in [1.165, 1.54) is 0 Å². The molecule has 1 aliphatic rings. The Morgan fingerprint density at radius 2 is 1.88 bits per heavy atom. The first-order valence-corrected chi connectivity index (χ1v) is 7.90. The van der Waals surface area contributed by atoms with Crippen LogP contribution in [0.5, 0.6) is 0 Å². The van der Waals surface area contributed by atoms with Crippen molar-refractivity contribution >= 4 is 15.7 Å². The lowest BCUT2D eigenvalue weighted by molar-refractivity contribution is -0.118. The molecule has 0 spiro atoms. The first kappa shape index (κ1) is 14.4. The Kier molecular flexibility index (Phi) is 5.91. The van der Waals surface area contributed by atoms with Crippen molar-refractivity contribution in [2.75, 3.05) is 25.9 Å². The maximum absolute atomic E-state index is 11.9. The third-order valence-electron chi connectivity index (χ3n) is 3.07. The summed E-state index contributed by atoms with van der Waals surface area (Å²) < 4.78 is 23.7. The number of rotatable bonds is 7. The van der Waals surface area contributed by atoms with Crippen LogP contribution in [0.4, 0.5) is 0 Å². The van der Waals surface area contributed by atoms with Crippen molar-refractivity contribution in [3.63, 3.8) is 0 Å². The van der Waals surface area contributed by atoms with Gasteiger partial charge in [0.2, 0.25) is 5.91 Å². The standard InChI is InChI=1S/C11H22N2O3S/c1-12-7-4-8-13-11(14)9-17(15,16)10-5-2-3-6-10/h10,12H,2-9H2,1H3,(H,13,14). The van der Waals surface area contributed by atoms with Crippen LogP contribution in [-0.2, 0) is 14.6 Å². The quantitative estimate of drug-likeness (QED) is 0.637. The van der Waals surface area contributed by atoms with Gasteiger partial charge in [0.15, 0.2) is 9.84 Å². The Morgan fingerprint density at radius 1 is 1.24 bits per heavy atom. The minimum Gasteiger partial charge on any atom is -0.355 e. The van der Waals surface area contributed by atoms with E-state index in [1.807, 2.05) is 7.05 Å². The Balaban J connectivity index is 2.29. The summed E-state index contributed by atoms with van der Waals surface area (Å²) in [7, 11) is -1.39. The van der Waals surface area contributed by atoms with Gasteiger partial charge in [-0.25, -0.2) is 8.42 Å². The number of carbonyl (C=O) groups excluding carboxylic acids is 1. The predicted octanol–water partition coefficient (Wildman–Crippen LogP) is 0.0695. The van der Waals surface area contributed by atoms with Crippen molar-refractivity contribution in [2.45, 2.75) is 37.4 Å².